The highest BCUT2D eigenvalue weighted by Gasteiger charge is 2.15. The van der Waals surface area contributed by atoms with Crippen LogP contribution in [-0.2, 0) is 20.7 Å². The summed E-state index contributed by atoms with van der Waals surface area (Å²) >= 11 is 4.88. The summed E-state index contributed by atoms with van der Waals surface area (Å²) < 4.78 is 10.7. The molecule has 1 unspecified atom stereocenters. The Bertz CT molecular complexity index is 470. The molecule has 1 saturated heterocycles. The molecule has 1 amide bonds. The lowest BCUT2D eigenvalue weighted by Gasteiger charge is -2.23. The lowest BCUT2D eigenvalue weighted by Crippen LogP contribution is -2.40. The fraction of sp³-hybridized carbons (Fsp3) is 0.429. The van der Waals surface area contributed by atoms with Crippen LogP contribution in [0.3, 0.4) is 0 Å². The molecule has 1 aromatic rings. The molecule has 1 aromatic carbocycles. The maximum Gasteiger partial charge on any atom is 0.224 e. The predicted molar refractivity (Wildman–Crippen MR) is 79.6 cm³/mol. The van der Waals surface area contributed by atoms with Gasteiger partial charge in [0.15, 0.2) is 0 Å². The van der Waals surface area contributed by atoms with Crippen molar-refractivity contribution < 1.29 is 14.3 Å². The van der Waals surface area contributed by atoms with E-state index in [1.54, 1.807) is 0 Å². The molecule has 0 bridgehead atoms. The quantitative estimate of drug-likeness (QED) is 0.769. The molecule has 0 aromatic heterocycles. The van der Waals surface area contributed by atoms with Crippen LogP contribution >= 0.6 is 12.2 Å². The van der Waals surface area contributed by atoms with Crippen molar-refractivity contribution in [2.75, 3.05) is 26.4 Å². The van der Waals surface area contributed by atoms with Gasteiger partial charge in [0.2, 0.25) is 5.91 Å². The fourth-order valence-corrected chi connectivity index (χ4v) is 2.05. The van der Waals surface area contributed by atoms with Crippen molar-refractivity contribution in [3.05, 3.63) is 35.4 Å². The number of carbonyl (C=O) groups excluding carboxylic acids is 1. The number of hydrogen-bond acceptors (Lipinski definition) is 4. The van der Waals surface area contributed by atoms with Crippen LogP contribution in [0.1, 0.15) is 11.1 Å². The van der Waals surface area contributed by atoms with Gasteiger partial charge in [0, 0.05) is 12.1 Å². The van der Waals surface area contributed by atoms with Gasteiger partial charge in [0.25, 0.3) is 0 Å². The standard InChI is InChI=1S/C14H18N2O3S/c15-14(20)11-3-1-10(2-4-11)7-13(17)16-8-12-9-18-5-6-19-12/h1-4,12H,5-9H2,(H2,15,20)(H,16,17). The third-order valence-corrected chi connectivity index (χ3v) is 3.25. The van der Waals surface area contributed by atoms with Crippen molar-refractivity contribution in [3.63, 3.8) is 0 Å². The van der Waals surface area contributed by atoms with Gasteiger partial charge in [-0.1, -0.05) is 36.5 Å². The highest BCUT2D eigenvalue weighted by molar-refractivity contribution is 7.80. The molecule has 3 N–H and O–H groups in total. The molecule has 0 saturated carbocycles. The number of nitrogens with one attached hydrogen (secondary N) is 1. The number of amides is 1. The Labute approximate surface area is 123 Å². The van der Waals surface area contributed by atoms with E-state index < -0.39 is 0 Å². The van der Waals surface area contributed by atoms with Crippen LogP contribution in [0.25, 0.3) is 0 Å². The smallest absolute Gasteiger partial charge is 0.224 e. The molecular formula is C14H18N2O3S. The minimum atomic E-state index is -0.0512. The van der Waals surface area contributed by atoms with Crippen molar-refractivity contribution >= 4 is 23.1 Å². The molecule has 1 aliphatic heterocycles. The number of rotatable bonds is 5. The van der Waals surface area contributed by atoms with Crippen molar-refractivity contribution in [2.45, 2.75) is 12.5 Å². The first kappa shape index (κ1) is 14.9. The average molecular weight is 294 g/mol. The summed E-state index contributed by atoms with van der Waals surface area (Å²) in [6.07, 6.45) is 0.273. The predicted octanol–water partition coefficient (Wildman–Crippen LogP) is 0.395. The molecule has 0 aliphatic carbocycles. The Morgan fingerprint density at radius 1 is 1.35 bits per heavy atom. The molecule has 1 atom stereocenters. The highest BCUT2D eigenvalue weighted by atomic mass is 32.1. The summed E-state index contributed by atoms with van der Waals surface area (Å²) in [7, 11) is 0. The van der Waals surface area contributed by atoms with Crippen LogP contribution in [0.15, 0.2) is 24.3 Å². The van der Waals surface area contributed by atoms with Gasteiger partial charge in [-0.3, -0.25) is 4.79 Å². The number of hydrogen-bond donors (Lipinski definition) is 2. The molecule has 0 radical (unpaired) electrons. The lowest BCUT2D eigenvalue weighted by molar-refractivity contribution is -0.123. The summed E-state index contributed by atoms with van der Waals surface area (Å²) in [6.45, 7) is 2.22. The maximum atomic E-state index is 11.8. The molecule has 6 heteroatoms. The topological polar surface area (TPSA) is 73.6 Å². The monoisotopic (exact) mass is 294 g/mol. The Morgan fingerprint density at radius 2 is 2.10 bits per heavy atom. The molecule has 0 spiro atoms. The molecule has 1 fully saturated rings. The third-order valence-electron chi connectivity index (χ3n) is 3.02. The van der Waals surface area contributed by atoms with Crippen molar-refractivity contribution in [1.29, 1.82) is 0 Å². The normalized spacial score (nSPS) is 18.5. The minimum absolute atomic E-state index is 0.0396. The maximum absolute atomic E-state index is 11.8. The van der Waals surface area contributed by atoms with E-state index in [1.807, 2.05) is 24.3 Å². The van der Waals surface area contributed by atoms with Crippen molar-refractivity contribution in [2.24, 2.45) is 5.73 Å². The molecule has 108 valence electrons. The van der Waals surface area contributed by atoms with Crippen LogP contribution in [-0.4, -0.2) is 43.4 Å². The van der Waals surface area contributed by atoms with Gasteiger partial charge < -0.3 is 20.5 Å². The third kappa shape index (κ3) is 4.56. The number of carbonyl (C=O) groups is 1. The van der Waals surface area contributed by atoms with E-state index in [2.05, 4.69) is 5.32 Å². The van der Waals surface area contributed by atoms with Crippen LogP contribution in [0, 0.1) is 0 Å². The zero-order valence-electron chi connectivity index (χ0n) is 11.1. The Kier molecular flexibility index (Phi) is 5.46. The van der Waals surface area contributed by atoms with Gasteiger partial charge in [0.05, 0.1) is 32.3 Å². The van der Waals surface area contributed by atoms with Crippen LogP contribution in [0.2, 0.25) is 0 Å². The van der Waals surface area contributed by atoms with E-state index in [4.69, 9.17) is 27.4 Å². The molecule has 20 heavy (non-hydrogen) atoms. The van der Waals surface area contributed by atoms with Gasteiger partial charge in [-0.25, -0.2) is 0 Å². The number of benzene rings is 1. The van der Waals surface area contributed by atoms with Crippen LogP contribution in [0.5, 0.6) is 0 Å². The largest absolute Gasteiger partial charge is 0.389 e. The first-order valence-corrected chi connectivity index (χ1v) is 6.91. The molecule has 1 aliphatic rings. The number of nitrogens with two attached hydrogens (primary N) is 1. The highest BCUT2D eigenvalue weighted by Crippen LogP contribution is 2.05. The molecule has 2 rings (SSSR count). The van der Waals surface area contributed by atoms with Gasteiger partial charge in [0.1, 0.15) is 4.99 Å². The van der Waals surface area contributed by atoms with E-state index in [0.717, 1.165) is 11.1 Å². The number of ether oxygens (including phenoxy) is 2. The second-order valence-corrected chi connectivity index (χ2v) is 5.05. The molecule has 5 nitrogen and oxygen atoms in total. The first-order chi connectivity index (χ1) is 9.65. The van der Waals surface area contributed by atoms with E-state index in [0.29, 0.717) is 37.8 Å². The summed E-state index contributed by atoms with van der Waals surface area (Å²) in [5.74, 6) is -0.0396. The second-order valence-electron chi connectivity index (χ2n) is 4.61. The van der Waals surface area contributed by atoms with E-state index in [9.17, 15) is 4.79 Å². The van der Waals surface area contributed by atoms with E-state index in [-0.39, 0.29) is 12.0 Å². The minimum Gasteiger partial charge on any atom is -0.389 e. The average Bonchev–Trinajstić information content (AvgIpc) is 2.47. The molecular weight excluding hydrogens is 276 g/mol. The number of thiocarbonyl (C=S) groups is 1. The Hall–Kier alpha value is -1.50. The van der Waals surface area contributed by atoms with Crippen LogP contribution < -0.4 is 11.1 Å². The zero-order chi connectivity index (χ0) is 14.4. The first-order valence-electron chi connectivity index (χ1n) is 6.50. The fourth-order valence-electron chi connectivity index (χ4n) is 1.92. The SMILES string of the molecule is NC(=S)c1ccc(CC(=O)NCC2COCCO2)cc1. The van der Waals surface area contributed by atoms with Gasteiger partial charge in [-0.05, 0) is 5.56 Å². The lowest BCUT2D eigenvalue weighted by atomic mass is 10.1. The van der Waals surface area contributed by atoms with E-state index in [1.165, 1.54) is 0 Å². The Balaban J connectivity index is 1.77. The zero-order valence-corrected chi connectivity index (χ0v) is 11.9. The summed E-state index contributed by atoms with van der Waals surface area (Å²) in [4.78, 5) is 12.2. The molecule has 1 heterocycles. The van der Waals surface area contributed by atoms with Crippen molar-refractivity contribution in [3.8, 4) is 0 Å². The van der Waals surface area contributed by atoms with Crippen LogP contribution in [0.4, 0.5) is 0 Å². The summed E-state index contributed by atoms with van der Waals surface area (Å²) in [5, 5.41) is 2.84. The van der Waals surface area contributed by atoms with E-state index >= 15 is 0 Å². The summed E-state index contributed by atoms with van der Waals surface area (Å²) in [6, 6.07) is 7.36. The van der Waals surface area contributed by atoms with Gasteiger partial charge in [-0.15, -0.1) is 0 Å². The van der Waals surface area contributed by atoms with Crippen molar-refractivity contribution in [1.82, 2.24) is 5.32 Å². The second kappa shape index (κ2) is 7.33. The van der Waals surface area contributed by atoms with Gasteiger partial charge >= 0.3 is 0 Å². The Morgan fingerprint density at radius 3 is 2.70 bits per heavy atom. The van der Waals surface area contributed by atoms with Gasteiger partial charge in [-0.2, -0.15) is 0 Å². The summed E-state index contributed by atoms with van der Waals surface area (Å²) in [5.41, 5.74) is 7.24.